The minimum Gasteiger partial charge on any atom is -0.299 e. The summed E-state index contributed by atoms with van der Waals surface area (Å²) in [7, 11) is 0. The highest BCUT2D eigenvalue weighted by molar-refractivity contribution is 5.82. The Morgan fingerprint density at radius 1 is 0.902 bits per heavy atom. The van der Waals surface area contributed by atoms with Crippen LogP contribution >= 0.6 is 0 Å². The van der Waals surface area contributed by atoms with Gasteiger partial charge in [0, 0.05) is 36.0 Å². The van der Waals surface area contributed by atoms with Crippen LogP contribution in [0.25, 0.3) is 39.5 Å². The third-order valence-electron chi connectivity index (χ3n) is 7.70. The minimum absolute atomic E-state index is 0.373. The Morgan fingerprint density at radius 3 is 2.46 bits per heavy atom. The molecule has 1 saturated heterocycles. The highest BCUT2D eigenvalue weighted by Crippen LogP contribution is 2.32. The third-order valence-corrected chi connectivity index (χ3v) is 7.70. The van der Waals surface area contributed by atoms with Crippen molar-refractivity contribution >= 4 is 5.65 Å². The second kappa shape index (κ2) is 10.8. The molecule has 0 saturated carbocycles. The summed E-state index contributed by atoms with van der Waals surface area (Å²) < 4.78 is 1.68. The van der Waals surface area contributed by atoms with Crippen molar-refractivity contribution in [1.29, 1.82) is 5.26 Å². The lowest BCUT2D eigenvalue weighted by molar-refractivity contribution is 0.202. The summed E-state index contributed by atoms with van der Waals surface area (Å²) in [6.45, 7) is 2.89. The number of hydrogen-bond donors (Lipinski definition) is 1. The Kier molecular flexibility index (Phi) is 6.51. The van der Waals surface area contributed by atoms with Crippen LogP contribution in [0.5, 0.6) is 0 Å². The number of piperidine rings is 1. The number of likely N-dealkylation sites (tertiary alicyclic amines) is 1. The van der Waals surface area contributed by atoms with E-state index < -0.39 is 0 Å². The van der Waals surface area contributed by atoms with E-state index in [9.17, 15) is 5.26 Å². The topological polar surface area (TPSA) is 112 Å². The Labute approximate surface area is 237 Å². The second-order valence-electron chi connectivity index (χ2n) is 10.3. The van der Waals surface area contributed by atoms with E-state index in [0.717, 1.165) is 66.4 Å². The van der Waals surface area contributed by atoms with Crippen molar-refractivity contribution in [3.05, 3.63) is 108 Å². The molecule has 0 atom stereocenters. The zero-order chi connectivity index (χ0) is 27.6. The number of rotatable bonds is 6. The maximum atomic E-state index is 9.54. The molecule has 2 aromatic carbocycles. The Balaban J connectivity index is 1.06. The number of nitriles is 1. The first kappa shape index (κ1) is 24.8. The van der Waals surface area contributed by atoms with Gasteiger partial charge in [-0.3, -0.25) is 15.0 Å². The van der Waals surface area contributed by atoms with Crippen LogP contribution in [0, 0.1) is 11.3 Å². The maximum absolute atomic E-state index is 9.54. The lowest BCUT2D eigenvalue weighted by Gasteiger charge is -2.31. The highest BCUT2D eigenvalue weighted by atomic mass is 15.2. The van der Waals surface area contributed by atoms with Gasteiger partial charge < -0.3 is 0 Å². The first-order valence-corrected chi connectivity index (χ1v) is 13.7. The maximum Gasteiger partial charge on any atom is 0.199 e. The van der Waals surface area contributed by atoms with E-state index in [4.69, 9.17) is 9.97 Å². The fraction of sp³-hybridized carbons (Fsp3) is 0.188. The summed E-state index contributed by atoms with van der Waals surface area (Å²) in [5, 5.41) is 21.4. The summed E-state index contributed by atoms with van der Waals surface area (Å²) >= 11 is 0. The average Bonchev–Trinajstić information content (AvgIpc) is 3.70. The molecule has 0 bridgehead atoms. The monoisotopic (exact) mass is 537 g/mol. The summed E-state index contributed by atoms with van der Waals surface area (Å²) in [6.07, 6.45) is 7.35. The molecule has 0 aliphatic carbocycles. The van der Waals surface area contributed by atoms with Gasteiger partial charge in [-0.2, -0.15) is 15.5 Å². The lowest BCUT2D eigenvalue weighted by atomic mass is 9.95. The zero-order valence-electron chi connectivity index (χ0n) is 22.4. The summed E-state index contributed by atoms with van der Waals surface area (Å²) in [6, 6.07) is 26.8. The molecule has 0 unspecified atom stereocenters. The predicted octanol–water partition coefficient (Wildman–Crippen LogP) is 5.49. The highest BCUT2D eigenvalue weighted by Gasteiger charge is 2.24. The average molecular weight is 538 g/mol. The van der Waals surface area contributed by atoms with Crippen LogP contribution in [0.3, 0.4) is 0 Å². The number of aromatic nitrogens is 7. The molecule has 1 aliphatic rings. The van der Waals surface area contributed by atoms with Crippen molar-refractivity contribution in [2.45, 2.75) is 25.3 Å². The molecule has 5 heterocycles. The van der Waals surface area contributed by atoms with Gasteiger partial charge >= 0.3 is 0 Å². The van der Waals surface area contributed by atoms with E-state index in [-0.39, 0.29) is 0 Å². The first-order valence-electron chi connectivity index (χ1n) is 13.7. The van der Waals surface area contributed by atoms with Crippen LogP contribution in [-0.4, -0.2) is 52.8 Å². The molecule has 200 valence electrons. The van der Waals surface area contributed by atoms with Crippen LogP contribution < -0.4 is 0 Å². The summed E-state index contributed by atoms with van der Waals surface area (Å²) in [5.41, 5.74) is 6.94. The number of H-pyrrole nitrogens is 1. The van der Waals surface area contributed by atoms with Gasteiger partial charge in [0.25, 0.3) is 0 Å². The normalized spacial score (nSPS) is 14.3. The van der Waals surface area contributed by atoms with E-state index in [1.165, 1.54) is 5.56 Å². The Morgan fingerprint density at radius 2 is 1.71 bits per heavy atom. The van der Waals surface area contributed by atoms with Gasteiger partial charge in [-0.05, 0) is 49.2 Å². The van der Waals surface area contributed by atoms with Gasteiger partial charge in [-0.1, -0.05) is 60.7 Å². The standard InChI is InChI=1S/C32H27N9/c33-18-26-19-35-41-21-27(23-6-2-1-3-7-23)29(36-32(26)41)24-11-9-22(10-12-24)20-40-16-13-25(14-17-40)30-37-31(39-38-30)28-8-4-5-15-34-28/h1-12,15,19,21,25H,13-14,16-17,20H2,(H,37,38,39). The fourth-order valence-electron chi connectivity index (χ4n) is 5.50. The number of pyridine rings is 1. The molecule has 41 heavy (non-hydrogen) atoms. The van der Waals surface area contributed by atoms with Gasteiger partial charge in [-0.25, -0.2) is 14.5 Å². The zero-order valence-corrected chi connectivity index (χ0v) is 22.4. The number of nitrogens with one attached hydrogen (secondary N) is 1. The van der Waals surface area contributed by atoms with E-state index >= 15 is 0 Å². The van der Waals surface area contributed by atoms with Gasteiger partial charge in [0.1, 0.15) is 23.2 Å². The number of nitrogens with zero attached hydrogens (tertiary/aromatic N) is 8. The summed E-state index contributed by atoms with van der Waals surface area (Å²) in [5.74, 6) is 1.98. The van der Waals surface area contributed by atoms with Gasteiger partial charge in [0.15, 0.2) is 11.5 Å². The lowest BCUT2D eigenvalue weighted by Crippen LogP contribution is -2.32. The molecule has 0 amide bonds. The molecule has 6 aromatic rings. The number of hydrogen-bond acceptors (Lipinski definition) is 7. The molecule has 1 fully saturated rings. The first-order chi connectivity index (χ1) is 20.2. The van der Waals surface area contributed by atoms with Crippen LogP contribution in [0.2, 0.25) is 0 Å². The minimum atomic E-state index is 0.373. The quantitative estimate of drug-likeness (QED) is 0.299. The summed E-state index contributed by atoms with van der Waals surface area (Å²) in [4.78, 5) is 16.5. The predicted molar refractivity (Wildman–Crippen MR) is 155 cm³/mol. The van der Waals surface area contributed by atoms with Crippen LogP contribution in [-0.2, 0) is 6.54 Å². The van der Waals surface area contributed by atoms with E-state index in [1.54, 1.807) is 16.9 Å². The van der Waals surface area contributed by atoms with Crippen molar-refractivity contribution in [2.75, 3.05) is 13.1 Å². The van der Waals surface area contributed by atoms with Crippen molar-refractivity contribution in [2.24, 2.45) is 0 Å². The van der Waals surface area contributed by atoms with Crippen molar-refractivity contribution in [3.8, 4) is 40.0 Å². The third kappa shape index (κ3) is 4.97. The fourth-order valence-corrected chi connectivity index (χ4v) is 5.50. The Bertz CT molecular complexity index is 1830. The number of aromatic amines is 1. The molecule has 1 N–H and O–H groups in total. The van der Waals surface area contributed by atoms with Crippen LogP contribution in [0.1, 0.15) is 35.7 Å². The van der Waals surface area contributed by atoms with Gasteiger partial charge in [0.2, 0.25) is 0 Å². The SMILES string of the molecule is N#Cc1cnn2cc(-c3ccccc3)c(-c3ccc(CN4CCC(c5nc(-c6ccccn6)n[nH]5)CC4)cc3)nc12. The van der Waals surface area contributed by atoms with Crippen LogP contribution in [0.4, 0.5) is 0 Å². The molecule has 7 rings (SSSR count). The van der Waals surface area contributed by atoms with E-state index in [2.05, 4.69) is 67.6 Å². The van der Waals surface area contributed by atoms with Gasteiger partial charge in [-0.15, -0.1) is 0 Å². The molecule has 9 nitrogen and oxygen atoms in total. The van der Waals surface area contributed by atoms with Gasteiger partial charge in [0.05, 0.1) is 11.9 Å². The molecular formula is C32H27N9. The number of benzene rings is 2. The second-order valence-corrected chi connectivity index (χ2v) is 10.3. The van der Waals surface area contributed by atoms with Crippen molar-refractivity contribution in [3.63, 3.8) is 0 Å². The Hall–Kier alpha value is -5.20. The molecule has 1 aliphatic heterocycles. The molecule has 4 aromatic heterocycles. The molecule has 0 radical (unpaired) electrons. The molecule has 0 spiro atoms. The van der Waals surface area contributed by atoms with Crippen molar-refractivity contribution < 1.29 is 0 Å². The largest absolute Gasteiger partial charge is 0.299 e. The smallest absolute Gasteiger partial charge is 0.199 e. The molecule has 9 heteroatoms. The van der Waals surface area contributed by atoms with Crippen LogP contribution in [0.15, 0.2) is 91.4 Å². The number of fused-ring (bicyclic) bond motifs is 1. The molecular weight excluding hydrogens is 510 g/mol. The van der Waals surface area contributed by atoms with E-state index in [1.807, 2.05) is 42.6 Å². The van der Waals surface area contributed by atoms with Crippen molar-refractivity contribution in [1.82, 2.24) is 39.7 Å². The van der Waals surface area contributed by atoms with E-state index in [0.29, 0.717) is 23.0 Å².